The van der Waals surface area contributed by atoms with Crippen molar-refractivity contribution in [1.82, 2.24) is 14.2 Å². The number of para-hydroxylation sites is 1. The van der Waals surface area contributed by atoms with Gasteiger partial charge in [-0.3, -0.25) is 0 Å². The summed E-state index contributed by atoms with van der Waals surface area (Å²) in [6.07, 6.45) is 3.10. The van der Waals surface area contributed by atoms with Gasteiger partial charge in [-0.15, -0.1) is 5.10 Å². The number of rotatable bonds is 7. The summed E-state index contributed by atoms with van der Waals surface area (Å²) in [6.45, 7) is 1.26. The second-order valence-electron chi connectivity index (χ2n) is 9.25. The van der Waals surface area contributed by atoms with Crippen LogP contribution in [0.4, 0.5) is 5.69 Å². The normalized spacial score (nSPS) is 12.8. The minimum absolute atomic E-state index is 0.375. The van der Waals surface area contributed by atoms with Crippen LogP contribution in [0.5, 0.6) is 11.5 Å². The van der Waals surface area contributed by atoms with Crippen LogP contribution in [0, 0.1) is 0 Å². The number of nitrogens with one attached hydrogen (secondary N) is 1. The Morgan fingerprint density at radius 1 is 0.974 bits per heavy atom. The molecule has 6 nitrogen and oxygen atoms in total. The molecule has 0 spiro atoms. The van der Waals surface area contributed by atoms with Gasteiger partial charge in [0.1, 0.15) is 34.4 Å². The number of benzene rings is 3. The van der Waals surface area contributed by atoms with Gasteiger partial charge in [0.2, 0.25) is 0 Å². The minimum Gasteiger partial charge on any atom is -0.497 e. The van der Waals surface area contributed by atoms with Gasteiger partial charge in [0.05, 0.1) is 7.11 Å². The van der Waals surface area contributed by atoms with E-state index < -0.39 is 0 Å². The molecule has 3 aromatic carbocycles. The monoisotopic (exact) mass is 542 g/mol. The van der Waals surface area contributed by atoms with Crippen LogP contribution in [0.1, 0.15) is 29.9 Å². The van der Waals surface area contributed by atoms with Crippen LogP contribution in [0.25, 0.3) is 16.8 Å². The van der Waals surface area contributed by atoms with Crippen LogP contribution in [0.2, 0.25) is 5.02 Å². The van der Waals surface area contributed by atoms with Gasteiger partial charge in [0, 0.05) is 28.4 Å². The Kier molecular flexibility index (Phi) is 6.79. The van der Waals surface area contributed by atoms with Crippen LogP contribution < -0.4 is 14.8 Å². The molecule has 0 saturated carbocycles. The molecule has 0 amide bonds. The van der Waals surface area contributed by atoms with E-state index in [9.17, 15) is 0 Å². The molecular weight excluding hydrogens is 516 g/mol. The molecule has 5 aromatic rings. The molecule has 1 N–H and O–H groups in total. The number of ether oxygens (including phenoxy) is 2. The fourth-order valence-electron chi connectivity index (χ4n) is 5.08. The second kappa shape index (κ2) is 10.5. The predicted octanol–water partition coefficient (Wildman–Crippen LogP) is 7.17. The molecular formula is C30H27ClN4O2S. The zero-order chi connectivity index (χ0) is 26.1. The SMILES string of the molecule is COc1ccc(NC(=S)c2c(-c3ccc(Cl)cc3)c3c4n(c(COc5ccccc5)nn24)CCCC3)cc1. The molecule has 38 heavy (non-hydrogen) atoms. The standard InChI is InChI=1S/C30H27ClN4O2S/c1-36-23-16-14-22(15-17-23)32-29(38)28-27(20-10-12-21(31)13-11-20)25-9-5-6-18-34-26(33-35(28)30(25)34)19-37-24-7-3-2-4-8-24/h2-4,7-8,10-17H,5-6,9,18-19H2,1H3,(H,32,38). The summed E-state index contributed by atoms with van der Waals surface area (Å²) in [7, 11) is 1.66. The average molecular weight is 543 g/mol. The molecule has 1 aliphatic rings. The minimum atomic E-state index is 0.375. The molecule has 0 radical (unpaired) electrons. The lowest BCUT2D eigenvalue weighted by Crippen LogP contribution is -2.15. The Labute approximate surface area is 231 Å². The number of hydrogen-bond donors (Lipinski definition) is 1. The zero-order valence-corrected chi connectivity index (χ0v) is 22.6. The molecule has 1 aliphatic heterocycles. The van der Waals surface area contributed by atoms with Crippen molar-refractivity contribution in [3.8, 4) is 22.6 Å². The molecule has 6 rings (SSSR count). The van der Waals surface area contributed by atoms with E-state index in [1.54, 1.807) is 7.11 Å². The molecule has 0 unspecified atom stereocenters. The molecule has 0 aliphatic carbocycles. The first-order chi connectivity index (χ1) is 18.6. The number of halogens is 1. The molecule has 0 bridgehead atoms. The van der Waals surface area contributed by atoms with Gasteiger partial charge in [-0.1, -0.05) is 54.2 Å². The van der Waals surface area contributed by atoms with Crippen LogP contribution >= 0.6 is 23.8 Å². The van der Waals surface area contributed by atoms with Gasteiger partial charge in [-0.25, -0.2) is 4.52 Å². The van der Waals surface area contributed by atoms with Crippen molar-refractivity contribution in [2.45, 2.75) is 32.4 Å². The summed E-state index contributed by atoms with van der Waals surface area (Å²) in [5, 5.41) is 9.21. The number of nitrogens with zero attached hydrogens (tertiary/aromatic N) is 3. The van der Waals surface area contributed by atoms with E-state index in [1.165, 1.54) is 5.56 Å². The number of hydrogen-bond acceptors (Lipinski definition) is 4. The number of thiocarbonyl (C=S) groups is 1. The molecule has 192 valence electrons. The maximum absolute atomic E-state index is 6.25. The molecule has 0 saturated heterocycles. The van der Waals surface area contributed by atoms with E-state index in [1.807, 2.05) is 71.2 Å². The van der Waals surface area contributed by atoms with Gasteiger partial charge in [-0.2, -0.15) is 0 Å². The molecule has 3 heterocycles. The van der Waals surface area contributed by atoms with Crippen LogP contribution in [-0.2, 0) is 19.6 Å². The third kappa shape index (κ3) is 4.64. The molecule has 0 fully saturated rings. The lowest BCUT2D eigenvalue weighted by atomic mass is 9.98. The molecule has 0 atom stereocenters. The number of aryl methyl sites for hydroxylation is 2. The Balaban J connectivity index is 1.48. The smallest absolute Gasteiger partial charge is 0.169 e. The highest BCUT2D eigenvalue weighted by Gasteiger charge is 2.29. The number of anilines is 1. The lowest BCUT2D eigenvalue weighted by molar-refractivity contribution is 0.288. The van der Waals surface area contributed by atoms with Crippen molar-refractivity contribution in [3.05, 3.63) is 101 Å². The van der Waals surface area contributed by atoms with Gasteiger partial charge >= 0.3 is 0 Å². The van der Waals surface area contributed by atoms with Crippen molar-refractivity contribution in [3.63, 3.8) is 0 Å². The fourth-order valence-corrected chi connectivity index (χ4v) is 5.51. The van der Waals surface area contributed by atoms with Crippen LogP contribution in [-0.4, -0.2) is 26.3 Å². The van der Waals surface area contributed by atoms with Crippen molar-refractivity contribution in [1.29, 1.82) is 0 Å². The van der Waals surface area contributed by atoms with E-state index in [2.05, 4.69) is 22.0 Å². The first-order valence-corrected chi connectivity index (χ1v) is 13.4. The summed E-state index contributed by atoms with van der Waals surface area (Å²) in [5.74, 6) is 2.49. The maximum Gasteiger partial charge on any atom is 0.169 e. The highest BCUT2D eigenvalue weighted by atomic mass is 35.5. The highest BCUT2D eigenvalue weighted by Crippen LogP contribution is 2.38. The van der Waals surface area contributed by atoms with Gasteiger partial charge in [0.25, 0.3) is 0 Å². The Morgan fingerprint density at radius 2 is 1.74 bits per heavy atom. The number of aromatic nitrogens is 3. The predicted molar refractivity (Wildman–Crippen MR) is 156 cm³/mol. The largest absolute Gasteiger partial charge is 0.497 e. The Morgan fingerprint density at radius 3 is 2.47 bits per heavy atom. The van der Waals surface area contributed by atoms with E-state index in [-0.39, 0.29) is 0 Å². The van der Waals surface area contributed by atoms with Gasteiger partial charge < -0.3 is 19.4 Å². The van der Waals surface area contributed by atoms with Crippen LogP contribution in [0.3, 0.4) is 0 Å². The van der Waals surface area contributed by atoms with Crippen molar-refractivity contribution in [2.24, 2.45) is 0 Å². The Bertz CT molecular complexity index is 1590. The van der Waals surface area contributed by atoms with E-state index in [4.69, 9.17) is 38.4 Å². The molecule has 8 heteroatoms. The summed E-state index contributed by atoms with van der Waals surface area (Å²) < 4.78 is 15.7. The third-order valence-electron chi connectivity index (χ3n) is 6.87. The quantitative estimate of drug-likeness (QED) is 0.221. The van der Waals surface area contributed by atoms with Gasteiger partial charge in [0.15, 0.2) is 5.82 Å². The lowest BCUT2D eigenvalue weighted by Gasteiger charge is -2.12. The van der Waals surface area contributed by atoms with E-state index >= 15 is 0 Å². The third-order valence-corrected chi connectivity index (χ3v) is 7.42. The summed E-state index contributed by atoms with van der Waals surface area (Å²) in [6, 6.07) is 25.5. The zero-order valence-electron chi connectivity index (χ0n) is 21.0. The van der Waals surface area contributed by atoms with E-state index in [0.717, 1.165) is 71.3 Å². The number of methoxy groups -OCH3 is 1. The molecule has 2 aromatic heterocycles. The van der Waals surface area contributed by atoms with Gasteiger partial charge in [-0.05, 0) is 73.4 Å². The van der Waals surface area contributed by atoms with E-state index in [0.29, 0.717) is 16.6 Å². The Hall–Kier alpha value is -3.81. The first-order valence-electron chi connectivity index (χ1n) is 12.6. The first kappa shape index (κ1) is 24.5. The highest BCUT2D eigenvalue weighted by molar-refractivity contribution is 7.81. The summed E-state index contributed by atoms with van der Waals surface area (Å²) >= 11 is 12.3. The second-order valence-corrected chi connectivity index (χ2v) is 10.1. The summed E-state index contributed by atoms with van der Waals surface area (Å²) in [4.78, 5) is 0.599. The summed E-state index contributed by atoms with van der Waals surface area (Å²) in [5.41, 5.74) is 6.24. The van der Waals surface area contributed by atoms with Crippen molar-refractivity contribution < 1.29 is 9.47 Å². The average Bonchev–Trinajstić information content (AvgIpc) is 3.35. The van der Waals surface area contributed by atoms with Crippen molar-refractivity contribution >= 4 is 40.1 Å². The van der Waals surface area contributed by atoms with Crippen molar-refractivity contribution in [2.75, 3.05) is 12.4 Å². The topological polar surface area (TPSA) is 52.7 Å². The maximum atomic E-state index is 6.25. The van der Waals surface area contributed by atoms with Crippen LogP contribution in [0.15, 0.2) is 78.9 Å². The fraction of sp³-hybridized carbons (Fsp3) is 0.200.